The van der Waals surface area contributed by atoms with Crippen LogP contribution in [0.4, 0.5) is 0 Å². The zero-order valence-electron chi connectivity index (χ0n) is 9.09. The van der Waals surface area contributed by atoms with Crippen LogP contribution in [-0.2, 0) is 0 Å². The van der Waals surface area contributed by atoms with Gasteiger partial charge in [0.2, 0.25) is 0 Å². The monoisotopic (exact) mass is 289 g/mol. The smallest absolute Gasteiger partial charge is 0.0332 e. The van der Waals surface area contributed by atoms with Gasteiger partial charge >= 0.3 is 0 Å². The van der Waals surface area contributed by atoms with E-state index in [1.807, 2.05) is 6.92 Å². The maximum absolute atomic E-state index is 6.03. The quantitative estimate of drug-likeness (QED) is 0.832. The third-order valence-electron chi connectivity index (χ3n) is 2.19. The zero-order valence-corrected chi connectivity index (χ0v) is 11.5. The minimum Gasteiger partial charge on any atom is -0.324 e. The highest BCUT2D eigenvalue weighted by molar-refractivity contribution is 9.10. The number of hydrogen-bond acceptors (Lipinski definition) is 1. The van der Waals surface area contributed by atoms with Crippen LogP contribution in [0, 0.1) is 6.92 Å². The highest BCUT2D eigenvalue weighted by Crippen LogP contribution is 2.23. The predicted octanol–water partition coefficient (Wildman–Crippen LogP) is 4.15. The first-order valence-corrected chi connectivity index (χ1v) is 5.46. The molecule has 2 N–H and O–H groups in total. The summed E-state index contributed by atoms with van der Waals surface area (Å²) >= 11 is 3.50. The van der Waals surface area contributed by atoms with Crippen LogP contribution in [0.2, 0.25) is 0 Å². The van der Waals surface area contributed by atoms with Crippen LogP contribution in [0.5, 0.6) is 0 Å². The number of rotatable bonds is 3. The Morgan fingerprint density at radius 3 is 2.60 bits per heavy atom. The van der Waals surface area contributed by atoms with Crippen molar-refractivity contribution in [2.75, 3.05) is 0 Å². The molecule has 0 heterocycles. The molecule has 0 aliphatic heterocycles. The molecule has 0 amide bonds. The van der Waals surface area contributed by atoms with Gasteiger partial charge in [-0.15, -0.1) is 19.0 Å². The highest BCUT2D eigenvalue weighted by atomic mass is 79.9. The van der Waals surface area contributed by atoms with Crippen LogP contribution in [0.25, 0.3) is 0 Å². The molecule has 1 aromatic carbocycles. The van der Waals surface area contributed by atoms with Gasteiger partial charge in [-0.25, -0.2) is 0 Å². The predicted molar refractivity (Wildman–Crippen MR) is 72.5 cm³/mol. The first-order chi connectivity index (χ1) is 6.50. The number of hydrogen-bond donors (Lipinski definition) is 1. The Morgan fingerprint density at radius 2 is 2.13 bits per heavy atom. The first kappa shape index (κ1) is 14.7. The molecule has 0 spiro atoms. The summed E-state index contributed by atoms with van der Waals surface area (Å²) in [5, 5.41) is 0. The van der Waals surface area contributed by atoms with E-state index in [4.69, 9.17) is 5.73 Å². The Morgan fingerprint density at radius 1 is 1.53 bits per heavy atom. The maximum atomic E-state index is 6.03. The first-order valence-electron chi connectivity index (χ1n) is 4.66. The molecule has 15 heavy (non-hydrogen) atoms. The lowest BCUT2D eigenvalue weighted by Gasteiger charge is -2.12. The molecule has 0 aliphatic carbocycles. The standard InChI is InChI=1S/C12H16BrN.ClH/c1-8(2)6-12(14)10-5-4-9(3)11(13)7-10;/h4-5,7,12H,1,6,14H2,2-3H3;1H/t12-;/m1./s1. The minimum absolute atomic E-state index is 0. The van der Waals surface area contributed by atoms with Gasteiger partial charge in [0.15, 0.2) is 0 Å². The Labute approximate surface area is 106 Å². The second-order valence-electron chi connectivity index (χ2n) is 3.78. The average molecular weight is 291 g/mol. The third-order valence-corrected chi connectivity index (χ3v) is 3.05. The second kappa shape index (κ2) is 6.31. The van der Waals surface area contributed by atoms with Gasteiger partial charge < -0.3 is 5.73 Å². The van der Waals surface area contributed by atoms with Crippen molar-refractivity contribution in [3.05, 3.63) is 46.0 Å². The molecule has 1 nitrogen and oxygen atoms in total. The van der Waals surface area contributed by atoms with E-state index in [2.05, 4.69) is 47.6 Å². The van der Waals surface area contributed by atoms with Crippen molar-refractivity contribution < 1.29 is 0 Å². The summed E-state index contributed by atoms with van der Waals surface area (Å²) in [5.41, 5.74) is 9.54. The molecule has 84 valence electrons. The summed E-state index contributed by atoms with van der Waals surface area (Å²) in [6, 6.07) is 6.30. The van der Waals surface area contributed by atoms with Crippen molar-refractivity contribution in [3.8, 4) is 0 Å². The molecule has 1 atom stereocenters. The van der Waals surface area contributed by atoms with E-state index in [1.165, 1.54) is 5.56 Å². The van der Waals surface area contributed by atoms with E-state index in [0.717, 1.165) is 22.0 Å². The van der Waals surface area contributed by atoms with E-state index >= 15 is 0 Å². The van der Waals surface area contributed by atoms with Crippen LogP contribution in [0.15, 0.2) is 34.8 Å². The highest BCUT2D eigenvalue weighted by Gasteiger charge is 2.07. The Hall–Kier alpha value is -0.310. The molecular weight excluding hydrogens is 273 g/mol. The van der Waals surface area contributed by atoms with Gasteiger partial charge in [0.25, 0.3) is 0 Å². The minimum atomic E-state index is 0. The van der Waals surface area contributed by atoms with Gasteiger partial charge in [0.05, 0.1) is 0 Å². The molecule has 0 radical (unpaired) electrons. The molecule has 0 saturated carbocycles. The van der Waals surface area contributed by atoms with E-state index in [1.54, 1.807) is 0 Å². The lowest BCUT2D eigenvalue weighted by atomic mass is 10.0. The topological polar surface area (TPSA) is 26.0 Å². The van der Waals surface area contributed by atoms with Crippen molar-refractivity contribution in [1.29, 1.82) is 0 Å². The summed E-state index contributed by atoms with van der Waals surface area (Å²) in [6.45, 7) is 7.94. The molecule has 0 fully saturated rings. The van der Waals surface area contributed by atoms with E-state index in [0.29, 0.717) is 0 Å². The zero-order chi connectivity index (χ0) is 10.7. The Balaban J connectivity index is 0.00000196. The molecule has 1 rings (SSSR count). The molecule has 0 bridgehead atoms. The summed E-state index contributed by atoms with van der Waals surface area (Å²) < 4.78 is 1.12. The fraction of sp³-hybridized carbons (Fsp3) is 0.333. The van der Waals surface area contributed by atoms with Crippen molar-refractivity contribution in [2.45, 2.75) is 26.3 Å². The number of benzene rings is 1. The fourth-order valence-corrected chi connectivity index (χ4v) is 1.73. The van der Waals surface area contributed by atoms with Crippen LogP contribution in [0.1, 0.15) is 30.5 Å². The second-order valence-corrected chi connectivity index (χ2v) is 4.63. The molecule has 0 aromatic heterocycles. The van der Waals surface area contributed by atoms with E-state index < -0.39 is 0 Å². The summed E-state index contributed by atoms with van der Waals surface area (Å²) in [7, 11) is 0. The lowest BCUT2D eigenvalue weighted by Crippen LogP contribution is -2.10. The summed E-state index contributed by atoms with van der Waals surface area (Å²) in [6.07, 6.45) is 0.843. The maximum Gasteiger partial charge on any atom is 0.0332 e. The SMILES string of the molecule is C=C(C)C[C@@H](N)c1ccc(C)c(Br)c1.Cl. The largest absolute Gasteiger partial charge is 0.324 e. The van der Waals surface area contributed by atoms with Crippen molar-refractivity contribution in [2.24, 2.45) is 5.73 Å². The Kier molecular flexibility index (Phi) is 6.18. The molecule has 0 aliphatic rings. The normalized spacial score (nSPS) is 11.7. The fourth-order valence-electron chi connectivity index (χ4n) is 1.33. The van der Waals surface area contributed by atoms with E-state index in [-0.39, 0.29) is 18.4 Å². The van der Waals surface area contributed by atoms with Gasteiger partial charge in [-0.1, -0.05) is 33.6 Å². The van der Waals surface area contributed by atoms with Gasteiger partial charge in [-0.05, 0) is 37.5 Å². The average Bonchev–Trinajstić information content (AvgIpc) is 2.08. The van der Waals surface area contributed by atoms with Crippen LogP contribution >= 0.6 is 28.3 Å². The molecular formula is C12H17BrClN. The summed E-state index contributed by atoms with van der Waals surface area (Å²) in [4.78, 5) is 0. The van der Waals surface area contributed by atoms with E-state index in [9.17, 15) is 0 Å². The van der Waals surface area contributed by atoms with Crippen LogP contribution in [-0.4, -0.2) is 0 Å². The van der Waals surface area contributed by atoms with Gasteiger partial charge in [-0.2, -0.15) is 0 Å². The van der Waals surface area contributed by atoms with Gasteiger partial charge in [-0.3, -0.25) is 0 Å². The van der Waals surface area contributed by atoms with Crippen molar-refractivity contribution >= 4 is 28.3 Å². The van der Waals surface area contributed by atoms with Gasteiger partial charge in [0, 0.05) is 10.5 Å². The summed E-state index contributed by atoms with van der Waals surface area (Å²) in [5.74, 6) is 0. The van der Waals surface area contributed by atoms with Crippen molar-refractivity contribution in [1.82, 2.24) is 0 Å². The van der Waals surface area contributed by atoms with Crippen LogP contribution < -0.4 is 5.73 Å². The molecule has 0 unspecified atom stereocenters. The lowest BCUT2D eigenvalue weighted by molar-refractivity contribution is 0.716. The third kappa shape index (κ3) is 4.37. The Bertz CT molecular complexity index is 349. The number of nitrogens with two attached hydrogens (primary N) is 1. The van der Waals surface area contributed by atoms with Crippen molar-refractivity contribution in [3.63, 3.8) is 0 Å². The molecule has 0 saturated heterocycles. The number of halogens is 2. The van der Waals surface area contributed by atoms with Gasteiger partial charge in [0.1, 0.15) is 0 Å². The molecule has 1 aromatic rings. The van der Waals surface area contributed by atoms with Crippen LogP contribution in [0.3, 0.4) is 0 Å². The number of aryl methyl sites for hydroxylation is 1. The molecule has 3 heteroatoms.